The Kier molecular flexibility index (Phi) is 3.09. The van der Waals surface area contributed by atoms with Crippen molar-refractivity contribution in [2.45, 2.75) is 44.4 Å². The molecule has 22 heavy (non-hydrogen) atoms. The molecule has 0 saturated carbocycles. The average molecular weight is 314 g/mol. The third-order valence-corrected chi connectivity index (χ3v) is 3.97. The lowest BCUT2D eigenvalue weighted by Gasteiger charge is -2.36. The molecular weight excluding hydrogens is 300 g/mol. The predicted octanol–water partition coefficient (Wildman–Crippen LogP) is 3.15. The quantitative estimate of drug-likeness (QED) is 0.686. The lowest BCUT2D eigenvalue weighted by atomic mass is 9.80. The summed E-state index contributed by atoms with van der Waals surface area (Å²) in [6, 6.07) is -0.895. The second kappa shape index (κ2) is 4.54. The molecule has 118 valence electrons. The van der Waals surface area contributed by atoms with Crippen molar-refractivity contribution < 1.29 is 22.4 Å². The van der Waals surface area contributed by atoms with Crippen LogP contribution in [0.5, 0.6) is 0 Å². The Labute approximate surface area is 124 Å². The number of amides is 1. The first-order valence-corrected chi connectivity index (χ1v) is 6.87. The van der Waals surface area contributed by atoms with E-state index in [2.05, 4.69) is 10.3 Å². The highest BCUT2D eigenvalue weighted by atomic mass is 19.4. The largest absolute Gasteiger partial charge is 0.419 e. The summed E-state index contributed by atoms with van der Waals surface area (Å²) in [5, 5.41) is 2.28. The maximum atomic E-state index is 13.7. The number of rotatable bonds is 0. The molecule has 2 heterocycles. The second-order valence-corrected chi connectivity index (χ2v) is 6.25. The Morgan fingerprint density at radius 2 is 2.05 bits per heavy atom. The van der Waals surface area contributed by atoms with Crippen LogP contribution in [0, 0.1) is 0 Å². The number of carbonyl (C=O) groups is 1. The van der Waals surface area contributed by atoms with E-state index in [9.17, 15) is 22.4 Å². The first kappa shape index (κ1) is 15.0. The minimum Gasteiger partial charge on any atom is -0.343 e. The SMILES string of the molecule is CC1(C)CC=C2C=C3C(C(F)(F)F)=C(F)C(=O)NC3CC2=N1. The zero-order chi connectivity index (χ0) is 16.3. The minimum atomic E-state index is -4.91. The van der Waals surface area contributed by atoms with Crippen LogP contribution in [0.15, 0.2) is 39.7 Å². The molecule has 2 aliphatic heterocycles. The lowest BCUT2D eigenvalue weighted by Crippen LogP contribution is -2.47. The first-order valence-electron chi connectivity index (χ1n) is 6.87. The number of nitrogens with zero attached hydrogens (tertiary/aromatic N) is 1. The van der Waals surface area contributed by atoms with E-state index in [1.54, 1.807) is 0 Å². The minimum absolute atomic E-state index is 0.139. The molecular formula is C15H14F4N2O. The highest BCUT2D eigenvalue weighted by molar-refractivity contribution is 6.07. The van der Waals surface area contributed by atoms with Gasteiger partial charge in [0.1, 0.15) is 5.57 Å². The van der Waals surface area contributed by atoms with E-state index in [4.69, 9.17) is 0 Å². The molecule has 1 amide bonds. The summed E-state index contributed by atoms with van der Waals surface area (Å²) in [7, 11) is 0. The summed E-state index contributed by atoms with van der Waals surface area (Å²) < 4.78 is 53.1. The van der Waals surface area contributed by atoms with Gasteiger partial charge in [-0.25, -0.2) is 4.39 Å². The molecule has 0 aromatic heterocycles. The number of aliphatic imine (C=N–C) groups is 1. The molecule has 0 bridgehead atoms. The molecule has 0 fully saturated rings. The zero-order valence-corrected chi connectivity index (χ0v) is 12.0. The molecule has 1 N–H and O–H groups in total. The van der Waals surface area contributed by atoms with Gasteiger partial charge in [0.25, 0.3) is 5.91 Å². The number of halogens is 4. The van der Waals surface area contributed by atoms with Crippen molar-refractivity contribution >= 4 is 11.6 Å². The summed E-state index contributed by atoms with van der Waals surface area (Å²) in [6.07, 6.45) is -1.06. The Balaban J connectivity index is 2.13. The third-order valence-electron chi connectivity index (χ3n) is 3.97. The van der Waals surface area contributed by atoms with Gasteiger partial charge in [0, 0.05) is 12.1 Å². The summed E-state index contributed by atoms with van der Waals surface area (Å²) in [4.78, 5) is 16.0. The van der Waals surface area contributed by atoms with Gasteiger partial charge in [-0.2, -0.15) is 13.2 Å². The van der Waals surface area contributed by atoms with Crippen molar-refractivity contribution in [3.8, 4) is 0 Å². The van der Waals surface area contributed by atoms with Crippen LogP contribution in [-0.4, -0.2) is 29.4 Å². The average Bonchev–Trinajstić information content (AvgIpc) is 2.36. The zero-order valence-electron chi connectivity index (χ0n) is 12.0. The first-order chi connectivity index (χ1) is 10.1. The second-order valence-electron chi connectivity index (χ2n) is 6.25. The number of hydrogen-bond donors (Lipinski definition) is 1. The number of allylic oxidation sites excluding steroid dienone is 2. The molecule has 3 nitrogen and oxygen atoms in total. The summed E-state index contributed by atoms with van der Waals surface area (Å²) >= 11 is 0. The number of carbonyl (C=O) groups excluding carboxylic acids is 1. The van der Waals surface area contributed by atoms with Crippen molar-refractivity contribution in [3.63, 3.8) is 0 Å². The van der Waals surface area contributed by atoms with Crippen LogP contribution in [0.2, 0.25) is 0 Å². The number of nitrogens with one attached hydrogen (secondary N) is 1. The van der Waals surface area contributed by atoms with Gasteiger partial charge >= 0.3 is 6.18 Å². The molecule has 7 heteroatoms. The summed E-state index contributed by atoms with van der Waals surface area (Å²) in [5.74, 6) is -3.09. The van der Waals surface area contributed by atoms with Crippen LogP contribution in [0.25, 0.3) is 0 Å². The van der Waals surface area contributed by atoms with Gasteiger partial charge in [-0.15, -0.1) is 0 Å². The fourth-order valence-corrected chi connectivity index (χ4v) is 2.96. The molecule has 0 saturated heterocycles. The van der Waals surface area contributed by atoms with Crippen molar-refractivity contribution in [2.24, 2.45) is 4.99 Å². The van der Waals surface area contributed by atoms with Gasteiger partial charge < -0.3 is 5.32 Å². The van der Waals surface area contributed by atoms with E-state index in [0.29, 0.717) is 17.7 Å². The van der Waals surface area contributed by atoms with Gasteiger partial charge in [0.2, 0.25) is 0 Å². The topological polar surface area (TPSA) is 41.5 Å². The fourth-order valence-electron chi connectivity index (χ4n) is 2.96. The van der Waals surface area contributed by atoms with Crippen LogP contribution < -0.4 is 5.32 Å². The molecule has 1 unspecified atom stereocenters. The molecule has 0 aromatic rings. The maximum Gasteiger partial charge on any atom is 0.419 e. The van der Waals surface area contributed by atoms with E-state index in [0.717, 1.165) is 0 Å². The van der Waals surface area contributed by atoms with Crippen molar-refractivity contribution in [1.29, 1.82) is 0 Å². The Morgan fingerprint density at radius 1 is 1.36 bits per heavy atom. The number of alkyl halides is 3. The smallest absolute Gasteiger partial charge is 0.343 e. The molecule has 1 atom stereocenters. The number of dihydropyridines is 1. The van der Waals surface area contributed by atoms with Gasteiger partial charge in [-0.1, -0.05) is 6.08 Å². The Hall–Kier alpha value is -1.92. The van der Waals surface area contributed by atoms with Gasteiger partial charge in [0.05, 0.1) is 11.6 Å². The standard InChI is InChI=1S/C15H14F4N2O/c1-14(2)4-3-7-5-8-10(6-9(7)21-14)20-13(22)12(16)11(8)15(17,18)19/h3,5,10H,4,6H2,1-2H3,(H,20,22). The Morgan fingerprint density at radius 3 is 2.68 bits per heavy atom. The van der Waals surface area contributed by atoms with Crippen LogP contribution in [-0.2, 0) is 4.79 Å². The van der Waals surface area contributed by atoms with Gasteiger partial charge in [-0.3, -0.25) is 9.79 Å². The van der Waals surface area contributed by atoms with Gasteiger partial charge in [-0.05, 0) is 37.5 Å². The van der Waals surface area contributed by atoms with E-state index in [-0.39, 0.29) is 17.5 Å². The van der Waals surface area contributed by atoms with E-state index in [1.807, 2.05) is 19.9 Å². The van der Waals surface area contributed by atoms with Crippen molar-refractivity contribution in [2.75, 3.05) is 0 Å². The Bertz CT molecular complexity index is 680. The lowest BCUT2D eigenvalue weighted by molar-refractivity contribution is -0.123. The normalized spacial score (nSPS) is 27.3. The predicted molar refractivity (Wildman–Crippen MR) is 73.0 cm³/mol. The molecule has 3 rings (SSSR count). The number of hydrogen-bond acceptors (Lipinski definition) is 2. The molecule has 0 radical (unpaired) electrons. The van der Waals surface area contributed by atoms with Crippen molar-refractivity contribution in [3.05, 3.63) is 34.7 Å². The molecule has 3 aliphatic rings. The van der Waals surface area contributed by atoms with E-state index >= 15 is 0 Å². The van der Waals surface area contributed by atoms with Crippen molar-refractivity contribution in [1.82, 2.24) is 5.32 Å². The van der Waals surface area contributed by atoms with E-state index < -0.39 is 29.5 Å². The van der Waals surface area contributed by atoms with E-state index in [1.165, 1.54) is 6.08 Å². The van der Waals surface area contributed by atoms with Crippen LogP contribution >= 0.6 is 0 Å². The number of fused-ring (bicyclic) bond motifs is 2. The fraction of sp³-hybridized carbons (Fsp3) is 0.467. The molecule has 0 aromatic carbocycles. The van der Waals surface area contributed by atoms with Gasteiger partial charge in [0.15, 0.2) is 5.83 Å². The van der Waals surface area contributed by atoms with Crippen LogP contribution in [0.3, 0.4) is 0 Å². The summed E-state index contributed by atoms with van der Waals surface area (Å²) in [5.41, 5.74) is -0.789. The monoisotopic (exact) mass is 314 g/mol. The highest BCUT2D eigenvalue weighted by Gasteiger charge is 2.48. The van der Waals surface area contributed by atoms with Crippen LogP contribution in [0.1, 0.15) is 26.7 Å². The summed E-state index contributed by atoms with van der Waals surface area (Å²) in [6.45, 7) is 3.85. The molecule has 1 aliphatic carbocycles. The highest BCUT2D eigenvalue weighted by Crippen LogP contribution is 2.42. The molecule has 0 spiro atoms. The third kappa shape index (κ3) is 2.38. The maximum absolute atomic E-state index is 13.7. The van der Waals surface area contributed by atoms with Crippen LogP contribution in [0.4, 0.5) is 17.6 Å².